The number of nitrogens with zero attached hydrogens (tertiary/aromatic N) is 5. The molecule has 35 heavy (non-hydrogen) atoms. The summed E-state index contributed by atoms with van der Waals surface area (Å²) in [6, 6.07) is 13.4. The van der Waals surface area contributed by atoms with Crippen LogP contribution in [0.15, 0.2) is 47.3 Å². The first kappa shape index (κ1) is 21.3. The van der Waals surface area contributed by atoms with Crippen LogP contribution in [0.4, 0.5) is 0 Å². The molecule has 0 aliphatic carbocycles. The molecule has 1 N–H and O–H groups in total. The van der Waals surface area contributed by atoms with Crippen molar-refractivity contribution in [2.75, 3.05) is 19.9 Å². The van der Waals surface area contributed by atoms with Crippen molar-refractivity contribution in [3.8, 4) is 11.5 Å². The highest BCUT2D eigenvalue weighted by Crippen LogP contribution is 2.33. The second kappa shape index (κ2) is 8.53. The Labute approximate surface area is 200 Å². The number of rotatable bonds is 4. The summed E-state index contributed by atoms with van der Waals surface area (Å²) in [5, 5.41) is 8.21. The van der Waals surface area contributed by atoms with Crippen LogP contribution in [0.3, 0.4) is 0 Å². The molecule has 1 fully saturated rings. The number of carbonyl (C=O) groups excluding carboxylic acids is 1. The van der Waals surface area contributed by atoms with Crippen molar-refractivity contribution < 1.29 is 14.3 Å². The van der Waals surface area contributed by atoms with Crippen molar-refractivity contribution in [3.63, 3.8) is 0 Å². The molecular formula is C25H24N6O4. The van der Waals surface area contributed by atoms with Gasteiger partial charge in [0.05, 0.1) is 6.54 Å². The third kappa shape index (κ3) is 4.01. The van der Waals surface area contributed by atoms with Gasteiger partial charge in [0.2, 0.25) is 6.79 Å². The second-order valence-electron chi connectivity index (χ2n) is 8.99. The van der Waals surface area contributed by atoms with E-state index in [4.69, 9.17) is 14.5 Å². The summed E-state index contributed by atoms with van der Waals surface area (Å²) in [6.45, 7) is 3.83. The van der Waals surface area contributed by atoms with E-state index >= 15 is 0 Å². The van der Waals surface area contributed by atoms with Gasteiger partial charge in [-0.15, -0.1) is 5.10 Å². The molecule has 178 valence electrons. The molecule has 0 saturated carbocycles. The molecule has 2 aliphatic rings. The maximum atomic E-state index is 13.0. The third-order valence-electron chi connectivity index (χ3n) is 6.63. The van der Waals surface area contributed by atoms with Gasteiger partial charge in [-0.05, 0) is 43.5 Å². The van der Waals surface area contributed by atoms with Gasteiger partial charge in [-0.1, -0.05) is 35.0 Å². The molecule has 10 heteroatoms. The van der Waals surface area contributed by atoms with Crippen LogP contribution in [-0.2, 0) is 6.54 Å². The second-order valence-corrected chi connectivity index (χ2v) is 8.99. The summed E-state index contributed by atoms with van der Waals surface area (Å²) in [5.74, 6) is 1.86. The normalized spacial score (nSPS) is 15.6. The van der Waals surface area contributed by atoms with Crippen molar-refractivity contribution in [1.29, 1.82) is 0 Å². The number of aryl methyl sites for hydroxylation is 1. The fourth-order valence-corrected chi connectivity index (χ4v) is 4.62. The number of likely N-dealkylation sites (tertiary alicyclic amines) is 1. The highest BCUT2D eigenvalue weighted by atomic mass is 16.7. The van der Waals surface area contributed by atoms with E-state index in [-0.39, 0.29) is 29.7 Å². The van der Waals surface area contributed by atoms with Crippen molar-refractivity contribution in [1.82, 2.24) is 29.9 Å². The molecule has 2 aliphatic heterocycles. The van der Waals surface area contributed by atoms with E-state index in [0.717, 1.165) is 5.56 Å². The number of amides is 1. The number of hydrogen-bond acceptors (Lipinski definition) is 7. The minimum Gasteiger partial charge on any atom is -0.454 e. The molecule has 0 unspecified atom stereocenters. The first-order valence-corrected chi connectivity index (χ1v) is 11.6. The van der Waals surface area contributed by atoms with Gasteiger partial charge in [-0.2, -0.15) is 0 Å². The van der Waals surface area contributed by atoms with Crippen molar-refractivity contribution in [2.45, 2.75) is 32.2 Å². The number of carbonyl (C=O) groups is 1. The lowest BCUT2D eigenvalue weighted by Crippen LogP contribution is -2.38. The van der Waals surface area contributed by atoms with Crippen LogP contribution >= 0.6 is 0 Å². The number of aromatic amines is 1. The smallest absolute Gasteiger partial charge is 0.281 e. The molecule has 0 radical (unpaired) electrons. The van der Waals surface area contributed by atoms with Crippen LogP contribution in [0.1, 0.15) is 46.1 Å². The Morgan fingerprint density at radius 3 is 2.66 bits per heavy atom. The maximum absolute atomic E-state index is 13.0. The van der Waals surface area contributed by atoms with Gasteiger partial charge in [-0.3, -0.25) is 9.59 Å². The predicted octanol–water partition coefficient (Wildman–Crippen LogP) is 2.62. The molecule has 0 spiro atoms. The van der Waals surface area contributed by atoms with Crippen LogP contribution < -0.4 is 15.0 Å². The summed E-state index contributed by atoms with van der Waals surface area (Å²) in [5.41, 5.74) is 3.23. The first-order chi connectivity index (χ1) is 17.0. The Bertz CT molecular complexity index is 1470. The molecule has 0 atom stereocenters. The molecule has 4 heterocycles. The number of ether oxygens (including phenoxy) is 2. The Kier molecular flexibility index (Phi) is 5.20. The minimum absolute atomic E-state index is 0.0376. The highest BCUT2D eigenvalue weighted by molar-refractivity contribution is 5.95. The van der Waals surface area contributed by atoms with E-state index in [9.17, 15) is 9.59 Å². The van der Waals surface area contributed by atoms with Gasteiger partial charge in [0.1, 0.15) is 5.82 Å². The zero-order valence-electron chi connectivity index (χ0n) is 19.2. The first-order valence-electron chi connectivity index (χ1n) is 11.6. The molecule has 1 amide bonds. The molecular weight excluding hydrogens is 448 g/mol. The van der Waals surface area contributed by atoms with Crippen LogP contribution in [0, 0.1) is 6.92 Å². The SMILES string of the molecule is Cc1ccc(Cn2nnc3c(=O)[nH]c(C4CCN(C(=O)c5ccc6c(c5)OCO6)CC4)nc32)cc1. The third-order valence-corrected chi connectivity index (χ3v) is 6.63. The lowest BCUT2D eigenvalue weighted by atomic mass is 9.95. The molecule has 0 bridgehead atoms. The molecule has 4 aromatic rings. The largest absolute Gasteiger partial charge is 0.454 e. The van der Waals surface area contributed by atoms with E-state index in [1.165, 1.54) is 5.56 Å². The van der Waals surface area contributed by atoms with Crippen LogP contribution in [0.5, 0.6) is 11.5 Å². The van der Waals surface area contributed by atoms with E-state index in [0.29, 0.717) is 61.0 Å². The standard InChI is InChI=1S/C25H24N6O4/c1-15-2-4-16(5-3-15)13-31-23-21(28-29-31)24(32)27-22(26-23)17-8-10-30(11-9-17)25(33)18-6-7-19-20(12-18)35-14-34-19/h2-7,12,17H,8-11,13-14H2,1H3,(H,26,27,32). The van der Waals surface area contributed by atoms with Gasteiger partial charge in [-0.25, -0.2) is 9.67 Å². The Hall–Kier alpha value is -4.21. The number of aromatic nitrogens is 5. The number of benzene rings is 2. The fraction of sp³-hybridized carbons (Fsp3) is 0.320. The number of H-pyrrole nitrogens is 1. The summed E-state index contributed by atoms with van der Waals surface area (Å²) < 4.78 is 12.4. The van der Waals surface area contributed by atoms with Crippen molar-refractivity contribution in [3.05, 3.63) is 75.3 Å². The Morgan fingerprint density at radius 2 is 1.86 bits per heavy atom. The van der Waals surface area contributed by atoms with E-state index in [2.05, 4.69) is 15.3 Å². The van der Waals surface area contributed by atoms with Crippen molar-refractivity contribution >= 4 is 17.1 Å². The summed E-state index contributed by atoms with van der Waals surface area (Å²) >= 11 is 0. The van der Waals surface area contributed by atoms with Gasteiger partial charge < -0.3 is 19.4 Å². The summed E-state index contributed by atoms with van der Waals surface area (Å²) in [7, 11) is 0. The lowest BCUT2D eigenvalue weighted by Gasteiger charge is -2.31. The average Bonchev–Trinajstić information content (AvgIpc) is 3.52. The van der Waals surface area contributed by atoms with Gasteiger partial charge in [0.15, 0.2) is 22.7 Å². The van der Waals surface area contributed by atoms with Crippen LogP contribution in [-0.4, -0.2) is 55.7 Å². The summed E-state index contributed by atoms with van der Waals surface area (Å²) in [4.78, 5) is 35.2. The van der Waals surface area contributed by atoms with Gasteiger partial charge >= 0.3 is 0 Å². The quantitative estimate of drug-likeness (QED) is 0.485. The number of nitrogens with one attached hydrogen (secondary N) is 1. The van der Waals surface area contributed by atoms with E-state index in [1.807, 2.05) is 36.1 Å². The topological polar surface area (TPSA) is 115 Å². The molecule has 10 nitrogen and oxygen atoms in total. The molecule has 6 rings (SSSR count). The molecule has 1 saturated heterocycles. The van der Waals surface area contributed by atoms with E-state index in [1.54, 1.807) is 22.9 Å². The molecule has 2 aromatic heterocycles. The number of piperidine rings is 1. The van der Waals surface area contributed by atoms with Crippen LogP contribution in [0.25, 0.3) is 11.2 Å². The summed E-state index contributed by atoms with van der Waals surface area (Å²) in [6.07, 6.45) is 1.40. The van der Waals surface area contributed by atoms with Crippen molar-refractivity contribution in [2.24, 2.45) is 0 Å². The zero-order valence-corrected chi connectivity index (χ0v) is 19.2. The van der Waals surface area contributed by atoms with Crippen LogP contribution in [0.2, 0.25) is 0 Å². The Morgan fingerprint density at radius 1 is 1.09 bits per heavy atom. The zero-order chi connectivity index (χ0) is 23.9. The van der Waals surface area contributed by atoms with Gasteiger partial charge in [0.25, 0.3) is 11.5 Å². The highest BCUT2D eigenvalue weighted by Gasteiger charge is 2.28. The Balaban J connectivity index is 1.19. The molecule has 2 aromatic carbocycles. The predicted molar refractivity (Wildman–Crippen MR) is 127 cm³/mol. The minimum atomic E-state index is -0.293. The maximum Gasteiger partial charge on any atom is 0.281 e. The number of hydrogen-bond donors (Lipinski definition) is 1. The fourth-order valence-electron chi connectivity index (χ4n) is 4.62. The van der Waals surface area contributed by atoms with Gasteiger partial charge in [0, 0.05) is 24.6 Å². The average molecular weight is 473 g/mol. The number of fused-ring (bicyclic) bond motifs is 2. The monoisotopic (exact) mass is 472 g/mol. The lowest BCUT2D eigenvalue weighted by molar-refractivity contribution is 0.0710. The van der Waals surface area contributed by atoms with E-state index < -0.39 is 0 Å².